The minimum absolute atomic E-state index is 0.232. The van der Waals surface area contributed by atoms with E-state index in [-0.39, 0.29) is 6.04 Å². The third kappa shape index (κ3) is 3.33. The van der Waals surface area contributed by atoms with E-state index in [0.717, 1.165) is 24.2 Å². The lowest BCUT2D eigenvalue weighted by atomic mass is 10.3. The summed E-state index contributed by atoms with van der Waals surface area (Å²) in [7, 11) is 0. The van der Waals surface area contributed by atoms with Gasteiger partial charge in [0, 0.05) is 18.7 Å². The molecule has 6 nitrogen and oxygen atoms in total. The number of anilines is 1. The van der Waals surface area contributed by atoms with Crippen LogP contribution < -0.4 is 5.32 Å². The van der Waals surface area contributed by atoms with Gasteiger partial charge in [0.25, 0.3) is 0 Å². The Labute approximate surface area is 113 Å². The highest BCUT2D eigenvalue weighted by Crippen LogP contribution is 2.13. The van der Waals surface area contributed by atoms with Crippen molar-refractivity contribution >= 4 is 6.01 Å². The van der Waals surface area contributed by atoms with Gasteiger partial charge in [-0.15, -0.1) is 5.10 Å². The average Bonchev–Trinajstić information content (AvgIpc) is 2.93. The highest BCUT2D eigenvalue weighted by atomic mass is 16.4. The number of aromatic nitrogens is 4. The first-order valence-corrected chi connectivity index (χ1v) is 6.69. The molecule has 0 aromatic carbocycles. The molecule has 6 heteroatoms. The number of nitrogens with one attached hydrogen (secondary N) is 1. The maximum atomic E-state index is 5.48. The highest BCUT2D eigenvalue weighted by Gasteiger charge is 2.11. The Balaban J connectivity index is 1.92. The van der Waals surface area contributed by atoms with E-state index in [2.05, 4.69) is 47.5 Å². The standard InChI is InChI=1S/C13H21N5O/c1-5-6-12-15-16-13(19-12)14-8-11(4)18-10(3)7-9(2)17-18/h7,11H,5-6,8H2,1-4H3,(H,14,16)/t11-/m0/s1. The summed E-state index contributed by atoms with van der Waals surface area (Å²) in [5.74, 6) is 0.684. The molecule has 1 N–H and O–H groups in total. The fourth-order valence-corrected chi connectivity index (χ4v) is 2.05. The summed E-state index contributed by atoms with van der Waals surface area (Å²) in [4.78, 5) is 0. The van der Waals surface area contributed by atoms with E-state index in [1.54, 1.807) is 0 Å². The van der Waals surface area contributed by atoms with Crippen molar-refractivity contribution in [2.45, 2.75) is 46.6 Å². The highest BCUT2D eigenvalue weighted by molar-refractivity contribution is 5.17. The largest absolute Gasteiger partial charge is 0.408 e. The predicted octanol–water partition coefficient (Wildman–Crippen LogP) is 2.51. The minimum atomic E-state index is 0.232. The molecule has 2 aromatic heterocycles. The number of rotatable bonds is 6. The Hall–Kier alpha value is -1.85. The maximum absolute atomic E-state index is 5.48. The molecule has 0 unspecified atom stereocenters. The van der Waals surface area contributed by atoms with E-state index in [9.17, 15) is 0 Å². The Bertz CT molecular complexity index is 531. The van der Waals surface area contributed by atoms with Gasteiger partial charge in [-0.3, -0.25) is 4.68 Å². The van der Waals surface area contributed by atoms with Gasteiger partial charge in [0.05, 0.1) is 11.7 Å². The molecule has 0 spiro atoms. The van der Waals surface area contributed by atoms with E-state index in [1.165, 1.54) is 0 Å². The molecule has 0 fully saturated rings. The molecule has 0 radical (unpaired) electrons. The number of nitrogens with zero attached hydrogens (tertiary/aromatic N) is 4. The fourth-order valence-electron chi connectivity index (χ4n) is 2.05. The third-order valence-electron chi connectivity index (χ3n) is 2.94. The van der Waals surface area contributed by atoms with Crippen LogP contribution in [0.5, 0.6) is 0 Å². The molecule has 2 heterocycles. The van der Waals surface area contributed by atoms with E-state index >= 15 is 0 Å². The second-order valence-corrected chi connectivity index (χ2v) is 4.85. The molecule has 0 aliphatic rings. The van der Waals surface area contributed by atoms with Gasteiger partial charge in [-0.1, -0.05) is 12.0 Å². The summed E-state index contributed by atoms with van der Waals surface area (Å²) in [6.07, 6.45) is 1.82. The van der Waals surface area contributed by atoms with Crippen LogP contribution in [0, 0.1) is 13.8 Å². The van der Waals surface area contributed by atoms with Gasteiger partial charge in [0.15, 0.2) is 0 Å². The first-order chi connectivity index (χ1) is 9.10. The molecule has 0 aliphatic carbocycles. The lowest BCUT2D eigenvalue weighted by Crippen LogP contribution is -2.18. The van der Waals surface area contributed by atoms with Crippen LogP contribution in [0.3, 0.4) is 0 Å². The third-order valence-corrected chi connectivity index (χ3v) is 2.94. The van der Waals surface area contributed by atoms with Gasteiger partial charge in [-0.25, -0.2) is 0 Å². The normalized spacial score (nSPS) is 12.6. The zero-order chi connectivity index (χ0) is 13.8. The van der Waals surface area contributed by atoms with Crippen molar-refractivity contribution in [1.82, 2.24) is 20.0 Å². The van der Waals surface area contributed by atoms with Crippen LogP contribution in [0.1, 0.15) is 43.6 Å². The monoisotopic (exact) mass is 263 g/mol. The van der Waals surface area contributed by atoms with Gasteiger partial charge < -0.3 is 9.73 Å². The summed E-state index contributed by atoms with van der Waals surface area (Å²) in [6.45, 7) is 8.95. The van der Waals surface area contributed by atoms with Crippen molar-refractivity contribution in [2.75, 3.05) is 11.9 Å². The Morgan fingerprint density at radius 2 is 2.16 bits per heavy atom. The molecule has 1 atom stereocenters. The van der Waals surface area contributed by atoms with Crippen LogP contribution >= 0.6 is 0 Å². The van der Waals surface area contributed by atoms with Crippen molar-refractivity contribution in [3.05, 3.63) is 23.3 Å². The van der Waals surface area contributed by atoms with Gasteiger partial charge in [-0.05, 0) is 33.3 Å². The first kappa shape index (κ1) is 13.6. The molecule has 0 saturated carbocycles. The van der Waals surface area contributed by atoms with Crippen LogP contribution in [0.4, 0.5) is 6.01 Å². The molecule has 0 saturated heterocycles. The summed E-state index contributed by atoms with van der Waals surface area (Å²) in [6, 6.07) is 2.79. The lowest BCUT2D eigenvalue weighted by molar-refractivity contribution is 0.473. The summed E-state index contributed by atoms with van der Waals surface area (Å²) in [5, 5.41) is 15.6. The predicted molar refractivity (Wildman–Crippen MR) is 73.2 cm³/mol. The van der Waals surface area contributed by atoms with E-state index < -0.39 is 0 Å². The molecular formula is C13H21N5O. The molecule has 0 aliphatic heterocycles. The van der Waals surface area contributed by atoms with E-state index in [1.807, 2.05) is 11.6 Å². The zero-order valence-electron chi connectivity index (χ0n) is 12.0. The van der Waals surface area contributed by atoms with Crippen LogP contribution in [0.15, 0.2) is 10.5 Å². The SMILES string of the molecule is CCCc1nnc(NC[C@H](C)n2nc(C)cc2C)o1. The van der Waals surface area contributed by atoms with Crippen LogP contribution in [-0.4, -0.2) is 26.5 Å². The van der Waals surface area contributed by atoms with Gasteiger partial charge in [-0.2, -0.15) is 5.10 Å². The first-order valence-electron chi connectivity index (χ1n) is 6.69. The van der Waals surface area contributed by atoms with E-state index in [4.69, 9.17) is 4.42 Å². The van der Waals surface area contributed by atoms with Crippen molar-refractivity contribution in [2.24, 2.45) is 0 Å². The average molecular weight is 263 g/mol. The van der Waals surface area contributed by atoms with Crippen molar-refractivity contribution in [3.8, 4) is 0 Å². The zero-order valence-corrected chi connectivity index (χ0v) is 12.0. The lowest BCUT2D eigenvalue weighted by Gasteiger charge is -2.14. The van der Waals surface area contributed by atoms with Crippen molar-refractivity contribution in [3.63, 3.8) is 0 Å². The van der Waals surface area contributed by atoms with Gasteiger partial charge >= 0.3 is 6.01 Å². The van der Waals surface area contributed by atoms with Crippen molar-refractivity contribution < 1.29 is 4.42 Å². The quantitative estimate of drug-likeness (QED) is 0.867. The fraction of sp³-hybridized carbons (Fsp3) is 0.615. The summed E-state index contributed by atoms with van der Waals surface area (Å²) >= 11 is 0. The second-order valence-electron chi connectivity index (χ2n) is 4.85. The number of hydrogen-bond acceptors (Lipinski definition) is 5. The molecule has 2 aromatic rings. The Kier molecular flexibility index (Phi) is 4.19. The van der Waals surface area contributed by atoms with Crippen molar-refractivity contribution in [1.29, 1.82) is 0 Å². The molecule has 19 heavy (non-hydrogen) atoms. The van der Waals surface area contributed by atoms with Gasteiger partial charge in [0.2, 0.25) is 5.89 Å². The summed E-state index contributed by atoms with van der Waals surface area (Å²) < 4.78 is 7.49. The molecular weight excluding hydrogens is 242 g/mol. The van der Waals surface area contributed by atoms with Crippen LogP contribution in [0.25, 0.3) is 0 Å². The second kappa shape index (κ2) is 5.86. The van der Waals surface area contributed by atoms with Gasteiger partial charge in [0.1, 0.15) is 0 Å². The number of hydrogen-bond donors (Lipinski definition) is 1. The van der Waals surface area contributed by atoms with Crippen LogP contribution in [0.2, 0.25) is 0 Å². The topological polar surface area (TPSA) is 68.8 Å². The molecule has 104 valence electrons. The smallest absolute Gasteiger partial charge is 0.315 e. The minimum Gasteiger partial charge on any atom is -0.408 e. The number of aryl methyl sites for hydroxylation is 3. The molecule has 0 amide bonds. The maximum Gasteiger partial charge on any atom is 0.315 e. The summed E-state index contributed by atoms with van der Waals surface area (Å²) in [5.41, 5.74) is 2.19. The Morgan fingerprint density at radius 1 is 1.37 bits per heavy atom. The molecule has 0 bridgehead atoms. The van der Waals surface area contributed by atoms with E-state index in [0.29, 0.717) is 18.5 Å². The van der Waals surface area contributed by atoms with Crippen LogP contribution in [-0.2, 0) is 6.42 Å². The Morgan fingerprint density at radius 3 is 2.79 bits per heavy atom. The molecule has 2 rings (SSSR count).